The van der Waals surface area contributed by atoms with E-state index >= 15 is 0 Å². The number of hydrogen-bond acceptors (Lipinski definition) is 5. The average molecular weight is 389 g/mol. The number of esters is 1. The van der Waals surface area contributed by atoms with E-state index in [-0.39, 0.29) is 17.0 Å². The lowest BCUT2D eigenvalue weighted by atomic mass is 9.46. The van der Waals surface area contributed by atoms with E-state index in [1.807, 2.05) is 6.08 Å². The highest BCUT2D eigenvalue weighted by Crippen LogP contribution is 2.68. The molecule has 154 valence electrons. The van der Waals surface area contributed by atoms with Gasteiger partial charge in [0, 0.05) is 18.8 Å². The van der Waals surface area contributed by atoms with E-state index < -0.39 is 23.6 Å². The molecular formula is C23H32O5. The van der Waals surface area contributed by atoms with Crippen molar-refractivity contribution in [2.75, 3.05) is 6.61 Å². The highest BCUT2D eigenvalue weighted by Gasteiger charge is 2.68. The predicted octanol–water partition coefficient (Wildman–Crippen LogP) is 3.38. The van der Waals surface area contributed by atoms with Crippen LogP contribution in [0.25, 0.3) is 0 Å². The Bertz CT molecular complexity index is 754. The van der Waals surface area contributed by atoms with Gasteiger partial charge in [-0.1, -0.05) is 19.4 Å². The van der Waals surface area contributed by atoms with Gasteiger partial charge in [0.15, 0.2) is 11.4 Å². The molecule has 1 N–H and O–H groups in total. The second kappa shape index (κ2) is 6.51. The first kappa shape index (κ1) is 19.8. The summed E-state index contributed by atoms with van der Waals surface area (Å²) in [6.07, 6.45) is 8.59. The number of aliphatic hydroxyl groups excluding tert-OH is 1. The number of hydrogen-bond donors (Lipinski definition) is 1. The van der Waals surface area contributed by atoms with Gasteiger partial charge in [0.25, 0.3) is 0 Å². The minimum absolute atomic E-state index is 0.0752. The molecule has 0 saturated heterocycles. The highest BCUT2D eigenvalue weighted by molar-refractivity contribution is 5.92. The minimum Gasteiger partial charge on any atom is -0.451 e. The van der Waals surface area contributed by atoms with E-state index in [9.17, 15) is 19.5 Å². The lowest BCUT2D eigenvalue weighted by Gasteiger charge is -2.59. The Balaban J connectivity index is 1.70. The molecule has 0 heterocycles. The number of rotatable bonds is 3. The van der Waals surface area contributed by atoms with Crippen molar-refractivity contribution in [2.24, 2.45) is 28.6 Å². The molecule has 5 nitrogen and oxygen atoms in total. The topological polar surface area (TPSA) is 80.7 Å². The van der Waals surface area contributed by atoms with Gasteiger partial charge in [0.2, 0.25) is 5.78 Å². The van der Waals surface area contributed by atoms with Crippen LogP contribution >= 0.6 is 0 Å². The van der Waals surface area contributed by atoms with E-state index in [1.165, 1.54) is 12.5 Å². The summed E-state index contributed by atoms with van der Waals surface area (Å²) < 4.78 is 5.75. The molecule has 6 atom stereocenters. The maximum Gasteiger partial charge on any atom is 0.303 e. The van der Waals surface area contributed by atoms with Crippen LogP contribution in [0.15, 0.2) is 11.6 Å². The fourth-order valence-corrected chi connectivity index (χ4v) is 7.61. The van der Waals surface area contributed by atoms with Crippen LogP contribution in [0.4, 0.5) is 0 Å². The van der Waals surface area contributed by atoms with Gasteiger partial charge >= 0.3 is 5.97 Å². The lowest BCUT2D eigenvalue weighted by Crippen LogP contribution is -2.59. The first-order valence-electron chi connectivity index (χ1n) is 10.8. The third-order valence-electron chi connectivity index (χ3n) is 8.99. The van der Waals surface area contributed by atoms with Crippen LogP contribution in [-0.2, 0) is 19.1 Å². The first-order chi connectivity index (χ1) is 13.2. The van der Waals surface area contributed by atoms with Gasteiger partial charge in [0.05, 0.1) is 0 Å². The molecule has 0 aromatic heterocycles. The summed E-state index contributed by atoms with van der Waals surface area (Å²) in [7, 11) is 0. The largest absolute Gasteiger partial charge is 0.451 e. The number of carbonyl (C=O) groups excluding carboxylic acids is 3. The number of Topliss-reactive ketones (excluding diaryl/α,β-unsaturated/α-hetero) is 1. The molecule has 0 spiro atoms. The second-order valence-electron chi connectivity index (χ2n) is 9.97. The summed E-state index contributed by atoms with van der Waals surface area (Å²) in [6.45, 7) is 5.20. The molecular weight excluding hydrogens is 356 g/mol. The van der Waals surface area contributed by atoms with Gasteiger partial charge in [-0.05, 0) is 74.2 Å². The molecule has 4 aliphatic carbocycles. The Kier molecular flexibility index (Phi) is 4.61. The van der Waals surface area contributed by atoms with Crippen molar-refractivity contribution in [1.29, 1.82) is 0 Å². The molecule has 0 radical (unpaired) electrons. The lowest BCUT2D eigenvalue weighted by molar-refractivity contribution is -0.189. The van der Waals surface area contributed by atoms with Crippen molar-refractivity contribution in [3.05, 3.63) is 11.6 Å². The van der Waals surface area contributed by atoms with E-state index in [4.69, 9.17) is 4.74 Å². The summed E-state index contributed by atoms with van der Waals surface area (Å²) in [5.74, 6) is 0.746. The Morgan fingerprint density at radius 2 is 1.82 bits per heavy atom. The van der Waals surface area contributed by atoms with E-state index in [2.05, 4.69) is 13.8 Å². The SMILES string of the molecule is CC(=O)O[C@]1(C(=O)CO)CCC2C3CCC4=CC(=O)CC[C@]4(C)C3CC[C@@]21C. The van der Waals surface area contributed by atoms with Gasteiger partial charge in [0.1, 0.15) is 6.61 Å². The number of allylic oxidation sites excluding steroid dienone is 1. The predicted molar refractivity (Wildman–Crippen MR) is 103 cm³/mol. The molecule has 3 saturated carbocycles. The summed E-state index contributed by atoms with van der Waals surface area (Å²) in [4.78, 5) is 36.7. The quantitative estimate of drug-likeness (QED) is 0.750. The van der Waals surface area contributed by atoms with Crippen LogP contribution in [-0.4, -0.2) is 34.9 Å². The van der Waals surface area contributed by atoms with E-state index in [0.29, 0.717) is 30.6 Å². The zero-order chi connectivity index (χ0) is 20.3. The van der Waals surface area contributed by atoms with Crippen molar-refractivity contribution >= 4 is 17.5 Å². The molecule has 0 aromatic carbocycles. The second-order valence-corrected chi connectivity index (χ2v) is 9.97. The van der Waals surface area contributed by atoms with Gasteiger partial charge < -0.3 is 9.84 Å². The van der Waals surface area contributed by atoms with Gasteiger partial charge in [-0.3, -0.25) is 14.4 Å². The molecule has 4 aliphatic rings. The van der Waals surface area contributed by atoms with Gasteiger partial charge in [-0.25, -0.2) is 0 Å². The van der Waals surface area contributed by atoms with Crippen LogP contribution in [0.5, 0.6) is 0 Å². The minimum atomic E-state index is -1.19. The third kappa shape index (κ3) is 2.51. The van der Waals surface area contributed by atoms with Crippen molar-refractivity contribution in [2.45, 2.75) is 77.7 Å². The Morgan fingerprint density at radius 1 is 1.11 bits per heavy atom. The van der Waals surface area contributed by atoms with Crippen LogP contribution in [0, 0.1) is 28.6 Å². The molecule has 0 aromatic rings. The molecule has 3 unspecified atom stereocenters. The molecule has 5 heteroatoms. The maximum atomic E-state index is 12.8. The summed E-state index contributed by atoms with van der Waals surface area (Å²) >= 11 is 0. The normalized spacial score (nSPS) is 44.8. The van der Waals surface area contributed by atoms with Crippen molar-refractivity contribution in [1.82, 2.24) is 0 Å². The van der Waals surface area contributed by atoms with Crippen LogP contribution in [0.2, 0.25) is 0 Å². The van der Waals surface area contributed by atoms with Crippen LogP contribution in [0.1, 0.15) is 72.1 Å². The Labute approximate surface area is 166 Å². The highest BCUT2D eigenvalue weighted by atomic mass is 16.6. The van der Waals surface area contributed by atoms with Crippen molar-refractivity contribution < 1.29 is 24.2 Å². The summed E-state index contributed by atoms with van der Waals surface area (Å²) in [5, 5.41) is 9.65. The van der Waals surface area contributed by atoms with E-state index in [1.54, 1.807) is 0 Å². The number of ether oxygens (including phenoxy) is 1. The molecule has 4 rings (SSSR count). The number of carbonyl (C=O) groups is 3. The smallest absolute Gasteiger partial charge is 0.303 e. The molecule has 3 fully saturated rings. The average Bonchev–Trinajstić information content (AvgIpc) is 2.94. The zero-order valence-electron chi connectivity index (χ0n) is 17.3. The molecule has 0 amide bonds. The molecule has 28 heavy (non-hydrogen) atoms. The van der Waals surface area contributed by atoms with Gasteiger partial charge in [-0.2, -0.15) is 0 Å². The molecule has 0 bridgehead atoms. The fraction of sp³-hybridized carbons (Fsp3) is 0.783. The summed E-state index contributed by atoms with van der Waals surface area (Å²) in [6, 6.07) is 0. The van der Waals surface area contributed by atoms with Gasteiger partial charge in [-0.15, -0.1) is 0 Å². The van der Waals surface area contributed by atoms with Crippen molar-refractivity contribution in [3.8, 4) is 0 Å². The summed E-state index contributed by atoms with van der Waals surface area (Å²) in [5.41, 5.74) is -0.222. The monoisotopic (exact) mass is 388 g/mol. The third-order valence-corrected chi connectivity index (χ3v) is 8.99. The zero-order valence-corrected chi connectivity index (χ0v) is 17.3. The first-order valence-corrected chi connectivity index (χ1v) is 10.8. The standard InChI is InChI=1S/C23H32O5/c1-14(25)28-23(20(27)13-24)11-8-19-17-5-4-15-12-16(26)6-9-21(15,2)18(17)7-10-22(19,23)3/h12,17-19,24H,4-11,13H2,1-3H3/t17?,18?,19?,21-,22-,23-/m0/s1. The number of aliphatic hydroxyl groups is 1. The van der Waals surface area contributed by atoms with E-state index in [0.717, 1.165) is 38.5 Å². The van der Waals surface area contributed by atoms with Crippen molar-refractivity contribution in [3.63, 3.8) is 0 Å². The Morgan fingerprint density at radius 3 is 2.50 bits per heavy atom. The fourth-order valence-electron chi connectivity index (χ4n) is 7.61. The molecule has 0 aliphatic heterocycles. The maximum absolute atomic E-state index is 12.8. The van der Waals surface area contributed by atoms with Crippen LogP contribution in [0.3, 0.4) is 0 Å². The van der Waals surface area contributed by atoms with Crippen LogP contribution < -0.4 is 0 Å². The number of fused-ring (bicyclic) bond motifs is 5. The Hall–Kier alpha value is -1.49. The number of ketones is 2.